The van der Waals surface area contributed by atoms with Crippen molar-refractivity contribution in [1.82, 2.24) is 19.2 Å². The Balaban J connectivity index is 2.76. The van der Waals surface area contributed by atoms with Crippen LogP contribution in [0.1, 0.15) is 0 Å². The summed E-state index contributed by atoms with van der Waals surface area (Å²) in [7, 11) is 0. The quantitative estimate of drug-likeness (QED) is 0.573. The van der Waals surface area contributed by atoms with Crippen LogP contribution in [0.2, 0.25) is 0 Å². The van der Waals surface area contributed by atoms with E-state index in [-0.39, 0.29) is 0 Å². The number of hydrogen-bond donors (Lipinski definition) is 1. The first-order valence-electron chi connectivity index (χ1n) is 2.96. The molecule has 0 fully saturated rings. The lowest BCUT2D eigenvalue weighted by molar-refractivity contribution is 0.747. The molecule has 10 heavy (non-hydrogen) atoms. The van der Waals surface area contributed by atoms with Gasteiger partial charge in [-0.1, -0.05) is 0 Å². The predicted octanol–water partition coefficient (Wildman–Crippen LogP) is -0.553. The Morgan fingerprint density at radius 3 is 3.20 bits per heavy atom. The SMILES string of the molecule is NCn1ccn2cnnc12. The van der Waals surface area contributed by atoms with Gasteiger partial charge in [-0.25, -0.2) is 0 Å². The highest BCUT2D eigenvalue weighted by atomic mass is 15.3. The van der Waals surface area contributed by atoms with E-state index in [1.54, 1.807) is 6.33 Å². The molecule has 0 bridgehead atoms. The molecule has 0 amide bonds. The second-order valence-electron chi connectivity index (χ2n) is 1.99. The van der Waals surface area contributed by atoms with E-state index < -0.39 is 0 Å². The zero-order chi connectivity index (χ0) is 6.97. The van der Waals surface area contributed by atoms with Crippen LogP contribution < -0.4 is 5.73 Å². The van der Waals surface area contributed by atoms with Gasteiger partial charge in [-0.3, -0.25) is 4.40 Å². The summed E-state index contributed by atoms with van der Waals surface area (Å²) in [4.78, 5) is 0. The zero-order valence-corrected chi connectivity index (χ0v) is 5.31. The molecule has 0 saturated carbocycles. The van der Waals surface area contributed by atoms with Gasteiger partial charge in [0.25, 0.3) is 0 Å². The molecule has 5 heteroatoms. The minimum atomic E-state index is 0.440. The van der Waals surface area contributed by atoms with Gasteiger partial charge in [0.2, 0.25) is 5.78 Å². The van der Waals surface area contributed by atoms with Gasteiger partial charge in [-0.15, -0.1) is 10.2 Å². The Labute approximate surface area is 57.1 Å². The highest BCUT2D eigenvalue weighted by molar-refractivity contribution is 5.26. The summed E-state index contributed by atoms with van der Waals surface area (Å²) >= 11 is 0. The summed E-state index contributed by atoms with van der Waals surface area (Å²) in [5.41, 5.74) is 5.40. The second kappa shape index (κ2) is 1.81. The van der Waals surface area contributed by atoms with Gasteiger partial charge in [0, 0.05) is 12.4 Å². The summed E-state index contributed by atoms with van der Waals surface area (Å²) in [6.45, 7) is 0.440. The first-order valence-corrected chi connectivity index (χ1v) is 2.96. The van der Waals surface area contributed by atoms with E-state index >= 15 is 0 Å². The van der Waals surface area contributed by atoms with Crippen LogP contribution in [0.25, 0.3) is 5.78 Å². The van der Waals surface area contributed by atoms with E-state index in [1.807, 2.05) is 21.4 Å². The summed E-state index contributed by atoms with van der Waals surface area (Å²) in [5.74, 6) is 0.780. The predicted molar refractivity (Wildman–Crippen MR) is 35.2 cm³/mol. The molecule has 0 unspecified atom stereocenters. The van der Waals surface area contributed by atoms with Crippen molar-refractivity contribution in [2.24, 2.45) is 5.73 Å². The molecule has 52 valence electrons. The van der Waals surface area contributed by atoms with Crippen molar-refractivity contribution in [1.29, 1.82) is 0 Å². The van der Waals surface area contributed by atoms with Crippen LogP contribution in [0.4, 0.5) is 0 Å². The molecule has 0 aliphatic rings. The van der Waals surface area contributed by atoms with E-state index in [1.165, 1.54) is 0 Å². The summed E-state index contributed by atoms with van der Waals surface area (Å²) in [5, 5.41) is 7.55. The number of nitrogens with zero attached hydrogens (tertiary/aromatic N) is 4. The number of aromatic nitrogens is 4. The highest BCUT2D eigenvalue weighted by Gasteiger charge is 1.98. The third kappa shape index (κ3) is 0.548. The van der Waals surface area contributed by atoms with Crippen molar-refractivity contribution >= 4 is 5.78 Å². The van der Waals surface area contributed by atoms with Crippen LogP contribution in [0, 0.1) is 0 Å². The molecule has 0 atom stereocenters. The van der Waals surface area contributed by atoms with Crippen molar-refractivity contribution in [2.75, 3.05) is 0 Å². The van der Waals surface area contributed by atoms with E-state index in [0.29, 0.717) is 6.67 Å². The average Bonchev–Trinajstić information content (AvgIpc) is 2.44. The van der Waals surface area contributed by atoms with E-state index in [0.717, 1.165) is 5.78 Å². The number of fused-ring (bicyclic) bond motifs is 1. The maximum atomic E-state index is 5.40. The van der Waals surface area contributed by atoms with Crippen molar-refractivity contribution in [3.8, 4) is 0 Å². The van der Waals surface area contributed by atoms with E-state index in [9.17, 15) is 0 Å². The Morgan fingerprint density at radius 2 is 2.40 bits per heavy atom. The Kier molecular flexibility index (Phi) is 0.983. The Bertz CT molecular complexity index is 332. The lowest BCUT2D eigenvalue weighted by atomic mass is 10.9. The maximum Gasteiger partial charge on any atom is 0.236 e. The number of hydrogen-bond acceptors (Lipinski definition) is 3. The number of imidazole rings is 1. The molecule has 2 N–H and O–H groups in total. The minimum absolute atomic E-state index is 0.440. The van der Waals surface area contributed by atoms with Gasteiger partial charge in [0.15, 0.2) is 0 Å². The second-order valence-corrected chi connectivity index (χ2v) is 1.99. The molecule has 0 aliphatic heterocycles. The first kappa shape index (κ1) is 5.43. The fraction of sp³-hybridized carbons (Fsp3) is 0.200. The minimum Gasteiger partial charge on any atom is -0.313 e. The monoisotopic (exact) mass is 137 g/mol. The summed E-state index contributed by atoms with van der Waals surface area (Å²) in [6.07, 6.45) is 5.37. The van der Waals surface area contributed by atoms with Crippen LogP contribution in [-0.2, 0) is 6.67 Å². The van der Waals surface area contributed by atoms with Gasteiger partial charge in [0.1, 0.15) is 6.33 Å². The fourth-order valence-corrected chi connectivity index (χ4v) is 0.909. The molecule has 0 aromatic carbocycles. The van der Waals surface area contributed by atoms with Crippen molar-refractivity contribution in [2.45, 2.75) is 6.67 Å². The Morgan fingerprint density at radius 1 is 1.50 bits per heavy atom. The average molecular weight is 137 g/mol. The van der Waals surface area contributed by atoms with E-state index in [4.69, 9.17) is 5.73 Å². The van der Waals surface area contributed by atoms with Crippen LogP contribution in [0.15, 0.2) is 18.7 Å². The van der Waals surface area contributed by atoms with Crippen LogP contribution in [0.5, 0.6) is 0 Å². The smallest absolute Gasteiger partial charge is 0.236 e. The molecule has 2 heterocycles. The highest BCUT2D eigenvalue weighted by Crippen LogP contribution is 1.97. The van der Waals surface area contributed by atoms with Crippen molar-refractivity contribution < 1.29 is 0 Å². The molecule has 5 nitrogen and oxygen atoms in total. The molecule has 0 saturated heterocycles. The summed E-state index contributed by atoms with van der Waals surface area (Å²) < 4.78 is 3.62. The Hall–Kier alpha value is -1.36. The number of rotatable bonds is 1. The lowest BCUT2D eigenvalue weighted by Crippen LogP contribution is -2.05. The van der Waals surface area contributed by atoms with Gasteiger partial charge in [-0.05, 0) is 0 Å². The standard InChI is InChI=1S/C5H7N5/c6-3-9-1-2-10-4-7-8-5(9)10/h1-2,4H,3,6H2. The third-order valence-corrected chi connectivity index (χ3v) is 1.41. The maximum absolute atomic E-state index is 5.40. The zero-order valence-electron chi connectivity index (χ0n) is 5.31. The molecular weight excluding hydrogens is 130 g/mol. The number of nitrogens with two attached hydrogens (primary N) is 1. The summed E-state index contributed by atoms with van der Waals surface area (Å²) in [6, 6.07) is 0. The topological polar surface area (TPSA) is 61.1 Å². The van der Waals surface area contributed by atoms with Crippen LogP contribution in [-0.4, -0.2) is 19.2 Å². The molecular formula is C5H7N5. The van der Waals surface area contributed by atoms with E-state index in [2.05, 4.69) is 10.2 Å². The lowest BCUT2D eigenvalue weighted by Gasteiger charge is -1.91. The van der Waals surface area contributed by atoms with Gasteiger partial charge in [-0.2, -0.15) is 0 Å². The molecule has 0 radical (unpaired) electrons. The van der Waals surface area contributed by atoms with Crippen molar-refractivity contribution in [3.05, 3.63) is 18.7 Å². The molecule has 2 aromatic rings. The first-order chi connectivity index (χ1) is 4.92. The van der Waals surface area contributed by atoms with Gasteiger partial charge < -0.3 is 10.3 Å². The molecule has 2 aromatic heterocycles. The van der Waals surface area contributed by atoms with Crippen molar-refractivity contribution in [3.63, 3.8) is 0 Å². The largest absolute Gasteiger partial charge is 0.313 e. The third-order valence-electron chi connectivity index (χ3n) is 1.41. The van der Waals surface area contributed by atoms with Crippen LogP contribution >= 0.6 is 0 Å². The molecule has 0 aliphatic carbocycles. The molecule has 2 rings (SSSR count). The van der Waals surface area contributed by atoms with Crippen LogP contribution in [0.3, 0.4) is 0 Å². The van der Waals surface area contributed by atoms with Gasteiger partial charge in [0.05, 0.1) is 6.67 Å². The molecule has 0 spiro atoms. The normalized spacial score (nSPS) is 10.9. The fourth-order valence-electron chi connectivity index (χ4n) is 0.909. The van der Waals surface area contributed by atoms with Gasteiger partial charge >= 0.3 is 0 Å².